The number of rotatable bonds is 1. The highest BCUT2D eigenvalue weighted by Crippen LogP contribution is 2.06. The second-order valence-corrected chi connectivity index (χ2v) is 2.29. The van der Waals surface area contributed by atoms with Crippen molar-refractivity contribution in [3.05, 3.63) is 18.3 Å². The van der Waals surface area contributed by atoms with Crippen LogP contribution >= 0.6 is 11.6 Å². The molecule has 0 aliphatic heterocycles. The van der Waals surface area contributed by atoms with Gasteiger partial charge in [-0.25, -0.2) is 9.67 Å². The molecule has 0 aromatic carbocycles. The van der Waals surface area contributed by atoms with Crippen LogP contribution in [0.5, 0.6) is 0 Å². The molecule has 0 unspecified atom stereocenters. The van der Waals surface area contributed by atoms with E-state index < -0.39 is 0 Å². The number of pyridine rings is 1. The summed E-state index contributed by atoms with van der Waals surface area (Å²) in [6.45, 7) is 0. The fraction of sp³-hybridized carbons (Fsp3) is 0.167. The van der Waals surface area contributed by atoms with Crippen molar-refractivity contribution >= 4 is 22.8 Å². The van der Waals surface area contributed by atoms with Gasteiger partial charge in [-0.2, -0.15) is 0 Å². The standard InChI is InChI=1S/C6H5ClN4/c7-4-11-5-2-1-3-8-6(5)9-10-11/h1-3H,4H2. The number of alkyl halides is 1. The first-order chi connectivity index (χ1) is 5.42. The summed E-state index contributed by atoms with van der Waals surface area (Å²) in [5, 5.41) is 7.59. The Balaban J connectivity index is 2.76. The summed E-state index contributed by atoms with van der Waals surface area (Å²) in [6, 6.07) is 4.02. The van der Waals surface area contributed by atoms with E-state index in [0.717, 1.165) is 5.52 Å². The van der Waals surface area contributed by atoms with Crippen molar-refractivity contribution in [2.45, 2.75) is 6.00 Å². The van der Waals surface area contributed by atoms with Crippen LogP contribution in [0.3, 0.4) is 0 Å². The lowest BCUT2D eigenvalue weighted by Crippen LogP contribution is -1.93. The van der Waals surface area contributed by atoms with E-state index in [-0.39, 0.29) is 0 Å². The fourth-order valence-electron chi connectivity index (χ4n) is 0.900. The predicted octanol–water partition coefficient (Wildman–Crippen LogP) is 1.02. The maximum absolute atomic E-state index is 5.58. The van der Waals surface area contributed by atoms with E-state index in [1.54, 1.807) is 10.9 Å². The van der Waals surface area contributed by atoms with Crippen LogP contribution in [0.15, 0.2) is 18.3 Å². The van der Waals surface area contributed by atoms with Crippen LogP contribution in [-0.4, -0.2) is 20.0 Å². The molecular weight excluding hydrogens is 164 g/mol. The molecule has 56 valence electrons. The minimum absolute atomic E-state index is 0.308. The summed E-state index contributed by atoms with van der Waals surface area (Å²) in [7, 11) is 0. The van der Waals surface area contributed by atoms with Crippen molar-refractivity contribution < 1.29 is 0 Å². The Kier molecular flexibility index (Phi) is 1.47. The monoisotopic (exact) mass is 168 g/mol. The molecule has 0 saturated heterocycles. The van der Waals surface area contributed by atoms with E-state index in [2.05, 4.69) is 15.3 Å². The highest BCUT2D eigenvalue weighted by atomic mass is 35.5. The predicted molar refractivity (Wildman–Crippen MR) is 41.2 cm³/mol. The van der Waals surface area contributed by atoms with Crippen LogP contribution < -0.4 is 0 Å². The van der Waals surface area contributed by atoms with Crippen LogP contribution in [0.2, 0.25) is 0 Å². The molecule has 2 heterocycles. The van der Waals surface area contributed by atoms with Crippen molar-refractivity contribution in [1.82, 2.24) is 20.0 Å². The first-order valence-corrected chi connectivity index (χ1v) is 3.65. The topological polar surface area (TPSA) is 43.6 Å². The molecule has 2 aromatic heterocycles. The molecule has 0 fully saturated rings. The zero-order valence-electron chi connectivity index (χ0n) is 5.61. The molecule has 0 atom stereocenters. The van der Waals surface area contributed by atoms with Gasteiger partial charge in [0.2, 0.25) is 5.65 Å². The number of hydrogen-bond acceptors (Lipinski definition) is 3. The van der Waals surface area contributed by atoms with Gasteiger partial charge in [0.15, 0.2) is 0 Å². The summed E-state index contributed by atoms with van der Waals surface area (Å²) in [6.07, 6.45) is 1.68. The summed E-state index contributed by atoms with van der Waals surface area (Å²) in [4.78, 5) is 4.00. The molecule has 5 heteroatoms. The van der Waals surface area contributed by atoms with Crippen LogP contribution in [-0.2, 0) is 6.00 Å². The zero-order valence-corrected chi connectivity index (χ0v) is 6.36. The van der Waals surface area contributed by atoms with E-state index in [1.807, 2.05) is 12.1 Å². The Morgan fingerprint density at radius 3 is 3.27 bits per heavy atom. The molecule has 0 bridgehead atoms. The van der Waals surface area contributed by atoms with E-state index in [1.165, 1.54) is 0 Å². The first-order valence-electron chi connectivity index (χ1n) is 3.12. The van der Waals surface area contributed by atoms with Gasteiger partial charge in [0.1, 0.15) is 11.5 Å². The van der Waals surface area contributed by atoms with Gasteiger partial charge >= 0.3 is 0 Å². The maximum atomic E-state index is 5.58. The molecule has 0 aliphatic rings. The number of aromatic nitrogens is 4. The van der Waals surface area contributed by atoms with Crippen molar-refractivity contribution in [1.29, 1.82) is 0 Å². The molecule has 2 rings (SSSR count). The van der Waals surface area contributed by atoms with Crippen LogP contribution in [0.1, 0.15) is 0 Å². The first kappa shape index (κ1) is 6.54. The lowest BCUT2D eigenvalue weighted by atomic mass is 10.4. The molecule has 0 aliphatic carbocycles. The lowest BCUT2D eigenvalue weighted by molar-refractivity contribution is 0.717. The van der Waals surface area contributed by atoms with Gasteiger partial charge in [-0.15, -0.1) is 16.7 Å². The summed E-state index contributed by atoms with van der Waals surface area (Å²) in [5.74, 6) is 0. The molecular formula is C6H5ClN4. The third-order valence-electron chi connectivity index (χ3n) is 1.40. The summed E-state index contributed by atoms with van der Waals surface area (Å²) in [5.41, 5.74) is 1.50. The van der Waals surface area contributed by atoms with Gasteiger partial charge in [0.05, 0.1) is 0 Å². The second kappa shape index (κ2) is 2.47. The van der Waals surface area contributed by atoms with Gasteiger partial charge in [-0.1, -0.05) is 5.21 Å². The third kappa shape index (κ3) is 0.952. The van der Waals surface area contributed by atoms with Crippen LogP contribution in [0, 0.1) is 0 Å². The lowest BCUT2D eigenvalue weighted by Gasteiger charge is -1.91. The quantitative estimate of drug-likeness (QED) is 0.598. The van der Waals surface area contributed by atoms with Gasteiger partial charge in [0, 0.05) is 6.20 Å². The fourth-order valence-corrected chi connectivity index (χ4v) is 1.08. The number of fused-ring (bicyclic) bond motifs is 1. The van der Waals surface area contributed by atoms with E-state index >= 15 is 0 Å². The van der Waals surface area contributed by atoms with Crippen molar-refractivity contribution in [3.8, 4) is 0 Å². The van der Waals surface area contributed by atoms with E-state index in [0.29, 0.717) is 11.7 Å². The number of halogens is 1. The number of nitrogens with zero attached hydrogens (tertiary/aromatic N) is 4. The van der Waals surface area contributed by atoms with E-state index in [9.17, 15) is 0 Å². The highest BCUT2D eigenvalue weighted by Gasteiger charge is 2.00. The minimum Gasteiger partial charge on any atom is -0.234 e. The van der Waals surface area contributed by atoms with Gasteiger partial charge < -0.3 is 0 Å². The third-order valence-corrected chi connectivity index (χ3v) is 1.63. The summed E-state index contributed by atoms with van der Waals surface area (Å²) < 4.78 is 1.59. The smallest absolute Gasteiger partial charge is 0.201 e. The molecule has 11 heavy (non-hydrogen) atoms. The zero-order chi connectivity index (χ0) is 7.68. The van der Waals surface area contributed by atoms with Crippen molar-refractivity contribution in [2.24, 2.45) is 0 Å². The largest absolute Gasteiger partial charge is 0.234 e. The Labute approximate surface area is 67.8 Å². The number of hydrogen-bond donors (Lipinski definition) is 0. The van der Waals surface area contributed by atoms with Crippen molar-refractivity contribution in [2.75, 3.05) is 0 Å². The molecule has 4 nitrogen and oxygen atoms in total. The van der Waals surface area contributed by atoms with Crippen LogP contribution in [0.4, 0.5) is 0 Å². The SMILES string of the molecule is ClCn1nnc2ncccc21. The Morgan fingerprint density at radius 2 is 2.45 bits per heavy atom. The van der Waals surface area contributed by atoms with Gasteiger partial charge in [-0.05, 0) is 12.1 Å². The summed E-state index contributed by atoms with van der Waals surface area (Å²) >= 11 is 5.58. The Hall–Kier alpha value is -1.16. The van der Waals surface area contributed by atoms with Gasteiger partial charge in [-0.3, -0.25) is 0 Å². The highest BCUT2D eigenvalue weighted by molar-refractivity contribution is 6.15. The maximum Gasteiger partial charge on any atom is 0.201 e. The molecule has 0 spiro atoms. The second-order valence-electron chi connectivity index (χ2n) is 2.05. The minimum atomic E-state index is 0.308. The average molecular weight is 169 g/mol. The van der Waals surface area contributed by atoms with Gasteiger partial charge in [0.25, 0.3) is 0 Å². The molecule has 2 aromatic rings. The molecule has 0 saturated carbocycles. The van der Waals surface area contributed by atoms with Crippen molar-refractivity contribution in [3.63, 3.8) is 0 Å². The average Bonchev–Trinajstić information content (AvgIpc) is 2.47. The Morgan fingerprint density at radius 1 is 1.55 bits per heavy atom. The van der Waals surface area contributed by atoms with E-state index in [4.69, 9.17) is 11.6 Å². The molecule has 0 radical (unpaired) electrons. The molecule has 0 N–H and O–H groups in total. The molecule has 0 amide bonds. The van der Waals surface area contributed by atoms with Crippen LogP contribution in [0.25, 0.3) is 11.2 Å². The Bertz CT molecular complexity index is 369. The normalized spacial score (nSPS) is 10.6.